The highest BCUT2D eigenvalue weighted by atomic mass is 16.3. The largest absolute Gasteiger partial charge is 0.388 e. The Bertz CT molecular complexity index is 938. The van der Waals surface area contributed by atoms with E-state index < -0.39 is 6.10 Å². The third-order valence-electron chi connectivity index (χ3n) is 3.89. The summed E-state index contributed by atoms with van der Waals surface area (Å²) in [6.07, 6.45) is 3.57. The molecule has 0 spiro atoms. The molecular formula is C17H15N2O+. The van der Waals surface area contributed by atoms with E-state index in [4.69, 9.17) is 0 Å². The zero-order valence-corrected chi connectivity index (χ0v) is 11.2. The summed E-state index contributed by atoms with van der Waals surface area (Å²) in [5, 5.41) is 12.2. The van der Waals surface area contributed by atoms with Gasteiger partial charge in [0.25, 0.3) is 0 Å². The molecular weight excluding hydrogens is 248 g/mol. The van der Waals surface area contributed by atoms with Crippen LogP contribution in [0.4, 0.5) is 0 Å². The summed E-state index contributed by atoms with van der Waals surface area (Å²) < 4.78 is 2.06. The highest BCUT2D eigenvalue weighted by Gasteiger charge is 2.14. The average molecular weight is 263 g/mol. The van der Waals surface area contributed by atoms with Crippen LogP contribution in [0.2, 0.25) is 0 Å². The number of hydrogen-bond acceptors (Lipinski definition) is 1. The van der Waals surface area contributed by atoms with Gasteiger partial charge in [0.05, 0.1) is 6.10 Å². The van der Waals surface area contributed by atoms with Gasteiger partial charge in [-0.25, -0.2) is 0 Å². The van der Waals surface area contributed by atoms with Gasteiger partial charge in [0, 0.05) is 34.0 Å². The molecule has 98 valence electrons. The Morgan fingerprint density at radius 1 is 1.05 bits per heavy atom. The molecule has 1 atom stereocenters. The predicted octanol–water partition coefficient (Wildman–Crippen LogP) is 3.11. The lowest BCUT2D eigenvalue weighted by molar-refractivity contribution is -0.511. The number of para-hydroxylation sites is 1. The highest BCUT2D eigenvalue weighted by molar-refractivity contribution is 6.10. The van der Waals surface area contributed by atoms with Crippen LogP contribution in [-0.4, -0.2) is 10.1 Å². The predicted molar refractivity (Wildman–Crippen MR) is 79.6 cm³/mol. The van der Waals surface area contributed by atoms with Crippen molar-refractivity contribution >= 4 is 27.3 Å². The molecule has 1 unspecified atom stereocenters. The van der Waals surface area contributed by atoms with Gasteiger partial charge in [0.1, 0.15) is 5.52 Å². The molecule has 0 bridgehead atoms. The highest BCUT2D eigenvalue weighted by Crippen LogP contribution is 2.26. The summed E-state index contributed by atoms with van der Waals surface area (Å²) in [7, 11) is 0. The van der Waals surface area contributed by atoms with Gasteiger partial charge in [-0.3, -0.25) is 0 Å². The summed E-state index contributed by atoms with van der Waals surface area (Å²) in [6.45, 7) is 1.78. The van der Waals surface area contributed by atoms with Crippen LogP contribution in [0.25, 0.3) is 27.3 Å². The van der Waals surface area contributed by atoms with Gasteiger partial charge in [0.2, 0.25) is 5.52 Å². The Labute approximate surface area is 116 Å². The van der Waals surface area contributed by atoms with Gasteiger partial charge in [-0.2, -0.15) is 4.40 Å². The van der Waals surface area contributed by atoms with Crippen molar-refractivity contribution < 1.29 is 9.51 Å². The molecule has 0 amide bonds. The van der Waals surface area contributed by atoms with E-state index in [0.717, 1.165) is 22.1 Å². The summed E-state index contributed by atoms with van der Waals surface area (Å²) in [5.41, 5.74) is 4.31. The number of pyridine rings is 2. The van der Waals surface area contributed by atoms with E-state index in [2.05, 4.69) is 39.7 Å². The number of H-pyrrole nitrogens is 1. The lowest BCUT2D eigenvalue weighted by atomic mass is 10.1. The maximum atomic E-state index is 9.69. The molecule has 3 heterocycles. The second-order valence-corrected chi connectivity index (χ2v) is 5.21. The minimum absolute atomic E-state index is 0.453. The van der Waals surface area contributed by atoms with Crippen molar-refractivity contribution in [1.82, 2.24) is 4.98 Å². The normalized spacial score (nSPS) is 13.3. The van der Waals surface area contributed by atoms with E-state index in [9.17, 15) is 5.11 Å². The second-order valence-electron chi connectivity index (χ2n) is 5.21. The van der Waals surface area contributed by atoms with Gasteiger partial charge in [0.15, 0.2) is 12.4 Å². The van der Waals surface area contributed by atoms with Crippen molar-refractivity contribution in [1.29, 1.82) is 0 Å². The second kappa shape index (κ2) is 4.05. The Morgan fingerprint density at radius 2 is 1.90 bits per heavy atom. The van der Waals surface area contributed by atoms with Crippen LogP contribution in [-0.2, 0) is 0 Å². The first kappa shape index (κ1) is 11.4. The molecule has 4 aromatic rings. The topological polar surface area (TPSA) is 40.1 Å². The van der Waals surface area contributed by atoms with E-state index >= 15 is 0 Å². The molecule has 3 heteroatoms. The third-order valence-corrected chi connectivity index (χ3v) is 3.89. The number of aliphatic hydroxyl groups is 1. The van der Waals surface area contributed by atoms with Gasteiger partial charge in [-0.15, -0.1) is 0 Å². The molecule has 4 rings (SSSR count). The molecule has 3 nitrogen and oxygen atoms in total. The van der Waals surface area contributed by atoms with Crippen LogP contribution in [0.15, 0.2) is 54.9 Å². The van der Waals surface area contributed by atoms with Crippen molar-refractivity contribution in [2.45, 2.75) is 13.0 Å². The Kier molecular flexibility index (Phi) is 2.32. The van der Waals surface area contributed by atoms with Crippen molar-refractivity contribution in [3.63, 3.8) is 0 Å². The van der Waals surface area contributed by atoms with Crippen molar-refractivity contribution in [2.24, 2.45) is 0 Å². The maximum absolute atomic E-state index is 9.69. The smallest absolute Gasteiger partial charge is 0.234 e. The Morgan fingerprint density at radius 3 is 2.75 bits per heavy atom. The lowest BCUT2D eigenvalue weighted by Crippen LogP contribution is -2.22. The van der Waals surface area contributed by atoms with E-state index in [1.807, 2.05) is 24.5 Å². The number of aliphatic hydroxyl groups excluding tert-OH is 1. The van der Waals surface area contributed by atoms with Crippen molar-refractivity contribution in [3.8, 4) is 0 Å². The summed E-state index contributed by atoms with van der Waals surface area (Å²) in [4.78, 5) is 3.49. The van der Waals surface area contributed by atoms with Crippen LogP contribution >= 0.6 is 0 Å². The van der Waals surface area contributed by atoms with Gasteiger partial charge in [-0.05, 0) is 19.1 Å². The standard InChI is InChI=1S/C17H14N2O/c1-11(20)12-6-7-16-17-14(8-9-19(16)10-12)13-4-2-3-5-15(13)18-17/h2-11,20H,1H3/p+1. The van der Waals surface area contributed by atoms with Crippen LogP contribution in [0.5, 0.6) is 0 Å². The maximum Gasteiger partial charge on any atom is 0.234 e. The van der Waals surface area contributed by atoms with Gasteiger partial charge in [-0.1, -0.05) is 18.2 Å². The van der Waals surface area contributed by atoms with Crippen LogP contribution in [0.1, 0.15) is 18.6 Å². The SMILES string of the molecule is CC(O)c1ccc2c3[nH]c4ccccc4c3cc[n+]2c1. The fourth-order valence-electron chi connectivity index (χ4n) is 2.81. The minimum Gasteiger partial charge on any atom is -0.388 e. The molecule has 0 aliphatic rings. The Balaban J connectivity index is 2.13. The average Bonchev–Trinajstić information content (AvgIpc) is 2.85. The number of hydrogen-bond donors (Lipinski definition) is 2. The van der Waals surface area contributed by atoms with Crippen molar-refractivity contribution in [3.05, 3.63) is 60.4 Å². The first-order chi connectivity index (χ1) is 9.74. The lowest BCUT2D eigenvalue weighted by Gasteiger charge is -2.01. The quantitative estimate of drug-likeness (QED) is 0.509. The fourth-order valence-corrected chi connectivity index (χ4v) is 2.81. The fraction of sp³-hybridized carbons (Fsp3) is 0.118. The van der Waals surface area contributed by atoms with E-state index in [0.29, 0.717) is 0 Å². The van der Waals surface area contributed by atoms with E-state index in [1.54, 1.807) is 6.92 Å². The zero-order valence-electron chi connectivity index (χ0n) is 11.2. The molecule has 0 fully saturated rings. The number of nitrogens with zero attached hydrogens (tertiary/aromatic N) is 1. The molecule has 1 aromatic carbocycles. The third kappa shape index (κ3) is 1.53. The molecule has 0 aliphatic heterocycles. The minimum atomic E-state index is -0.453. The first-order valence-electron chi connectivity index (χ1n) is 6.76. The monoisotopic (exact) mass is 263 g/mol. The van der Waals surface area contributed by atoms with Gasteiger partial charge < -0.3 is 10.1 Å². The number of aromatic amines is 1. The van der Waals surface area contributed by atoms with E-state index in [-0.39, 0.29) is 0 Å². The van der Waals surface area contributed by atoms with Crippen LogP contribution < -0.4 is 4.40 Å². The number of aromatic nitrogens is 2. The molecule has 0 saturated carbocycles. The molecule has 0 saturated heterocycles. The number of benzene rings is 1. The zero-order chi connectivity index (χ0) is 13.7. The van der Waals surface area contributed by atoms with E-state index in [1.165, 1.54) is 10.8 Å². The summed E-state index contributed by atoms with van der Waals surface area (Å²) in [6, 6.07) is 14.5. The van der Waals surface area contributed by atoms with Crippen molar-refractivity contribution in [2.75, 3.05) is 0 Å². The first-order valence-corrected chi connectivity index (χ1v) is 6.76. The summed E-state index contributed by atoms with van der Waals surface area (Å²) in [5.74, 6) is 0. The molecule has 3 aromatic heterocycles. The number of fused-ring (bicyclic) bond motifs is 5. The van der Waals surface area contributed by atoms with Gasteiger partial charge >= 0.3 is 0 Å². The van der Waals surface area contributed by atoms with Crippen LogP contribution in [0.3, 0.4) is 0 Å². The molecule has 20 heavy (non-hydrogen) atoms. The molecule has 2 N–H and O–H groups in total. The molecule has 0 aliphatic carbocycles. The summed E-state index contributed by atoms with van der Waals surface area (Å²) >= 11 is 0. The number of rotatable bonds is 1. The number of nitrogens with one attached hydrogen (secondary N) is 1. The Hall–Kier alpha value is -2.39. The van der Waals surface area contributed by atoms with Crippen LogP contribution in [0, 0.1) is 0 Å². The molecule has 0 radical (unpaired) electrons.